The van der Waals surface area contributed by atoms with Crippen LogP contribution in [0.15, 0.2) is 12.2 Å². The maximum atomic E-state index is 12.6. The summed E-state index contributed by atoms with van der Waals surface area (Å²) in [6, 6.07) is 0. The molecule has 1 fully saturated rings. The molecule has 1 aliphatic rings. The Kier molecular flexibility index (Phi) is 10.0. The van der Waals surface area contributed by atoms with E-state index >= 15 is 0 Å². The molecule has 0 aliphatic heterocycles. The molecule has 1 unspecified atom stereocenters. The largest absolute Gasteiger partial charge is 0.412 e. The lowest BCUT2D eigenvalue weighted by Crippen LogP contribution is -2.45. The lowest BCUT2D eigenvalue weighted by atomic mass is 9.98. The Bertz CT molecular complexity index is 835. The number of carbonyl (C=O) groups excluding carboxylic acids is 1. The Morgan fingerprint density at radius 3 is 2.06 bits per heavy atom. The molecule has 3 nitrogen and oxygen atoms in total. The van der Waals surface area contributed by atoms with Crippen molar-refractivity contribution < 1.29 is 13.6 Å². The topological polar surface area (TPSA) is 35.5 Å². The summed E-state index contributed by atoms with van der Waals surface area (Å²) in [7, 11) is -4.07. The maximum absolute atomic E-state index is 12.6. The van der Waals surface area contributed by atoms with Crippen molar-refractivity contribution in [2.45, 2.75) is 123 Å². The average molecular weight is 489 g/mol. The Balaban J connectivity index is 3.29. The second kappa shape index (κ2) is 11.1. The van der Waals surface area contributed by atoms with E-state index in [9.17, 15) is 4.79 Å². The zero-order chi connectivity index (χ0) is 25.8. The van der Waals surface area contributed by atoms with Crippen LogP contribution in [0.4, 0.5) is 0 Å². The highest BCUT2D eigenvalue weighted by atomic mass is 28.4. The van der Waals surface area contributed by atoms with Gasteiger partial charge in [0.15, 0.2) is 22.4 Å². The number of ketones is 1. The van der Waals surface area contributed by atoms with Crippen molar-refractivity contribution in [1.82, 2.24) is 0 Å². The van der Waals surface area contributed by atoms with Crippen LogP contribution in [0.2, 0.25) is 36.3 Å². The molecular formula is C28H48O3Si2. The SMILES string of the molecule is C=C1C(=O)C[C@@H](O[Si](C)(C)C(C)(C)C)[C@@H]1C#C[C@@H](O[Si](C)(C)C(C)(C)C)C(C)CC#CCC. The first-order chi connectivity index (χ1) is 14.8. The van der Waals surface area contributed by atoms with E-state index < -0.39 is 16.6 Å². The zero-order valence-corrected chi connectivity index (χ0v) is 25.4. The first kappa shape index (κ1) is 29.9. The first-order valence-corrected chi connectivity index (χ1v) is 18.2. The van der Waals surface area contributed by atoms with Crippen LogP contribution in [0.1, 0.15) is 74.7 Å². The fourth-order valence-corrected chi connectivity index (χ4v) is 5.70. The second-order valence-corrected chi connectivity index (χ2v) is 22.0. The molecule has 1 aliphatic carbocycles. The van der Waals surface area contributed by atoms with Gasteiger partial charge in [-0.15, -0.1) is 11.8 Å². The van der Waals surface area contributed by atoms with Crippen molar-refractivity contribution in [3.05, 3.63) is 12.2 Å². The Hall–Kier alpha value is -1.12. The normalized spacial score (nSPS) is 21.7. The molecule has 0 aromatic heterocycles. The van der Waals surface area contributed by atoms with Gasteiger partial charge in [0, 0.05) is 30.8 Å². The fraction of sp³-hybridized carbons (Fsp3) is 0.750. The standard InChI is InChI=1S/C28H48O3Si2/c1-14-15-16-17-21(2)25(30-32(10,11)27(4,5)6)19-18-23-22(3)24(29)20-26(23)31-33(12,13)28(7,8)9/h21,23,25-26H,3,14,17,20H2,1-2,4-13H3/t21?,23-,25-,26-/m1/s1. The van der Waals surface area contributed by atoms with Gasteiger partial charge in [0.2, 0.25) is 0 Å². The van der Waals surface area contributed by atoms with Crippen molar-refractivity contribution in [3.8, 4) is 23.7 Å². The fourth-order valence-electron chi connectivity index (χ4n) is 3.09. The third kappa shape index (κ3) is 7.96. The lowest BCUT2D eigenvalue weighted by molar-refractivity contribution is -0.115. The molecule has 1 rings (SSSR count). The van der Waals surface area contributed by atoms with Crippen LogP contribution < -0.4 is 0 Å². The third-order valence-corrected chi connectivity index (χ3v) is 16.6. The minimum absolute atomic E-state index is 0.0678. The summed E-state index contributed by atoms with van der Waals surface area (Å²) in [6.07, 6.45) is 1.52. The summed E-state index contributed by atoms with van der Waals surface area (Å²) < 4.78 is 13.4. The molecule has 1 saturated carbocycles. The van der Waals surface area contributed by atoms with Crippen LogP contribution in [0.25, 0.3) is 0 Å². The third-order valence-electron chi connectivity index (χ3n) is 7.60. The summed E-state index contributed by atoms with van der Waals surface area (Å²) in [5, 5.41) is 0.154. The monoisotopic (exact) mass is 488 g/mol. The highest BCUT2D eigenvalue weighted by molar-refractivity contribution is 6.74. The van der Waals surface area contributed by atoms with E-state index in [1.54, 1.807) is 0 Å². The molecule has 186 valence electrons. The van der Waals surface area contributed by atoms with E-state index in [0.717, 1.165) is 12.8 Å². The van der Waals surface area contributed by atoms with Gasteiger partial charge in [-0.1, -0.05) is 73.8 Å². The molecule has 0 saturated heterocycles. The van der Waals surface area contributed by atoms with Gasteiger partial charge in [-0.25, -0.2) is 0 Å². The molecule has 0 aromatic rings. The number of carbonyl (C=O) groups is 1. The van der Waals surface area contributed by atoms with E-state index in [-0.39, 0.29) is 39.9 Å². The lowest BCUT2D eigenvalue weighted by Gasteiger charge is -2.39. The molecule has 0 N–H and O–H groups in total. The summed E-state index contributed by atoms with van der Waals surface area (Å²) in [4.78, 5) is 12.6. The number of Topliss-reactive ketones (excluding diaryl/α,β-unsaturated/α-hetero) is 1. The van der Waals surface area contributed by atoms with Crippen LogP contribution in [0.3, 0.4) is 0 Å². The molecule has 0 aromatic carbocycles. The Morgan fingerprint density at radius 2 is 1.58 bits per heavy atom. The van der Waals surface area contributed by atoms with Gasteiger partial charge < -0.3 is 8.85 Å². The Labute approximate surface area is 206 Å². The van der Waals surface area contributed by atoms with Crippen molar-refractivity contribution in [2.75, 3.05) is 0 Å². The molecule has 0 heterocycles. The van der Waals surface area contributed by atoms with Crippen molar-refractivity contribution >= 4 is 22.4 Å². The molecular weight excluding hydrogens is 440 g/mol. The second-order valence-electron chi connectivity index (χ2n) is 12.5. The number of hydrogen-bond donors (Lipinski definition) is 0. The minimum Gasteiger partial charge on any atom is -0.412 e. The highest BCUT2D eigenvalue weighted by Gasteiger charge is 2.45. The number of hydrogen-bond acceptors (Lipinski definition) is 3. The van der Waals surface area contributed by atoms with E-state index in [2.05, 4.69) is 112 Å². The molecule has 33 heavy (non-hydrogen) atoms. The van der Waals surface area contributed by atoms with Crippen LogP contribution in [-0.4, -0.2) is 34.6 Å². The van der Waals surface area contributed by atoms with E-state index in [1.807, 2.05) is 0 Å². The molecule has 0 amide bonds. The van der Waals surface area contributed by atoms with E-state index in [4.69, 9.17) is 8.85 Å². The first-order valence-electron chi connectivity index (χ1n) is 12.4. The smallest absolute Gasteiger partial charge is 0.193 e. The van der Waals surface area contributed by atoms with Crippen LogP contribution in [0, 0.1) is 35.5 Å². The molecule has 0 radical (unpaired) electrons. The van der Waals surface area contributed by atoms with Gasteiger partial charge in [-0.2, -0.15) is 0 Å². The van der Waals surface area contributed by atoms with Crippen LogP contribution in [0.5, 0.6) is 0 Å². The van der Waals surface area contributed by atoms with Crippen LogP contribution in [-0.2, 0) is 13.6 Å². The van der Waals surface area contributed by atoms with Gasteiger partial charge in [0.25, 0.3) is 0 Å². The molecule has 4 atom stereocenters. The summed E-state index contributed by atoms with van der Waals surface area (Å²) in [6.45, 7) is 30.6. The zero-order valence-electron chi connectivity index (χ0n) is 23.4. The van der Waals surface area contributed by atoms with E-state index in [0.29, 0.717) is 12.0 Å². The van der Waals surface area contributed by atoms with Gasteiger partial charge in [-0.3, -0.25) is 4.79 Å². The molecule has 5 heteroatoms. The minimum atomic E-state index is -2.04. The molecule has 0 bridgehead atoms. The quantitative estimate of drug-likeness (QED) is 0.223. The summed E-state index contributed by atoms with van der Waals surface area (Å²) >= 11 is 0. The van der Waals surface area contributed by atoms with Crippen LogP contribution >= 0.6 is 0 Å². The van der Waals surface area contributed by atoms with E-state index in [1.165, 1.54) is 0 Å². The maximum Gasteiger partial charge on any atom is 0.193 e. The van der Waals surface area contributed by atoms with Gasteiger partial charge in [0.05, 0.1) is 12.0 Å². The Morgan fingerprint density at radius 1 is 1.03 bits per heavy atom. The van der Waals surface area contributed by atoms with Crippen molar-refractivity contribution in [2.24, 2.45) is 11.8 Å². The van der Waals surface area contributed by atoms with Gasteiger partial charge in [0.1, 0.15) is 6.10 Å². The average Bonchev–Trinajstić information content (AvgIpc) is 2.89. The van der Waals surface area contributed by atoms with Crippen molar-refractivity contribution in [1.29, 1.82) is 0 Å². The predicted octanol–water partition coefficient (Wildman–Crippen LogP) is 7.36. The summed E-state index contributed by atoms with van der Waals surface area (Å²) in [5.74, 6) is 13.3. The van der Waals surface area contributed by atoms with Gasteiger partial charge >= 0.3 is 0 Å². The highest BCUT2D eigenvalue weighted by Crippen LogP contribution is 2.41. The number of rotatable bonds is 6. The van der Waals surface area contributed by atoms with Crippen molar-refractivity contribution in [3.63, 3.8) is 0 Å². The van der Waals surface area contributed by atoms with Gasteiger partial charge in [-0.05, 0) is 36.3 Å². The summed E-state index contributed by atoms with van der Waals surface area (Å²) in [5.41, 5.74) is 0.579. The predicted molar refractivity (Wildman–Crippen MR) is 146 cm³/mol. The molecule has 0 spiro atoms.